The number of benzene rings is 1. The van der Waals surface area contributed by atoms with Crippen molar-refractivity contribution in [3.05, 3.63) is 54.2 Å². The lowest BCUT2D eigenvalue weighted by Gasteiger charge is -2.33. The van der Waals surface area contributed by atoms with Crippen molar-refractivity contribution in [3.8, 4) is 16.9 Å². The second-order valence-corrected chi connectivity index (χ2v) is 9.80. The fourth-order valence-electron chi connectivity index (χ4n) is 3.75. The predicted octanol–water partition coefficient (Wildman–Crippen LogP) is 1.49. The highest BCUT2D eigenvalue weighted by molar-refractivity contribution is 7.88. The molecule has 1 aliphatic heterocycles. The summed E-state index contributed by atoms with van der Waals surface area (Å²) in [6.07, 6.45) is 4.38. The first kappa shape index (κ1) is 23.0. The zero-order valence-corrected chi connectivity index (χ0v) is 18.9. The SMILES string of the molecule is CS(=O)(=O)N1CCN(CCOc2ccc(-c3cncc4ccc(C(N)=O)nc34)cc2F)CC1. The van der Waals surface area contributed by atoms with Crippen LogP contribution in [0, 0.1) is 5.82 Å². The minimum absolute atomic E-state index is 0.118. The van der Waals surface area contributed by atoms with E-state index in [0.717, 1.165) is 0 Å². The Bertz CT molecular complexity index is 1290. The Hall–Kier alpha value is -3.15. The van der Waals surface area contributed by atoms with Gasteiger partial charge in [0.05, 0.1) is 11.8 Å². The van der Waals surface area contributed by atoms with E-state index in [4.69, 9.17) is 10.5 Å². The van der Waals surface area contributed by atoms with Crippen molar-refractivity contribution in [2.24, 2.45) is 5.73 Å². The lowest BCUT2D eigenvalue weighted by molar-refractivity contribution is 0.0996. The molecular weight excluding hydrogens is 449 g/mol. The summed E-state index contributed by atoms with van der Waals surface area (Å²) in [5, 5.41) is 0.703. The van der Waals surface area contributed by atoms with Crippen LogP contribution in [0.2, 0.25) is 0 Å². The fourth-order valence-corrected chi connectivity index (χ4v) is 4.57. The molecule has 1 aliphatic rings. The van der Waals surface area contributed by atoms with E-state index in [1.54, 1.807) is 30.6 Å². The summed E-state index contributed by atoms with van der Waals surface area (Å²) >= 11 is 0. The third-order valence-corrected chi connectivity index (χ3v) is 6.86. The maximum Gasteiger partial charge on any atom is 0.267 e. The first-order chi connectivity index (χ1) is 15.7. The van der Waals surface area contributed by atoms with Gasteiger partial charge in [-0.1, -0.05) is 6.07 Å². The van der Waals surface area contributed by atoms with Crippen LogP contribution in [0.4, 0.5) is 4.39 Å². The Morgan fingerprint density at radius 1 is 1.15 bits per heavy atom. The fraction of sp³-hybridized carbons (Fsp3) is 0.318. The van der Waals surface area contributed by atoms with Crippen LogP contribution in [-0.4, -0.2) is 79.1 Å². The molecule has 2 N–H and O–H groups in total. The molecule has 0 unspecified atom stereocenters. The van der Waals surface area contributed by atoms with Crippen molar-refractivity contribution in [1.82, 2.24) is 19.2 Å². The Morgan fingerprint density at radius 3 is 2.58 bits per heavy atom. The molecule has 1 fully saturated rings. The summed E-state index contributed by atoms with van der Waals surface area (Å²) in [6, 6.07) is 7.81. The van der Waals surface area contributed by atoms with Crippen molar-refractivity contribution in [2.75, 3.05) is 45.6 Å². The molecule has 1 amide bonds. The molecule has 1 aromatic carbocycles. The molecule has 174 valence electrons. The lowest BCUT2D eigenvalue weighted by Crippen LogP contribution is -2.49. The average molecular weight is 474 g/mol. The Labute approximate surface area is 191 Å². The smallest absolute Gasteiger partial charge is 0.267 e. The lowest BCUT2D eigenvalue weighted by atomic mass is 10.0. The van der Waals surface area contributed by atoms with Gasteiger partial charge in [0.2, 0.25) is 10.0 Å². The van der Waals surface area contributed by atoms with Crippen LogP contribution in [0.1, 0.15) is 10.5 Å². The van der Waals surface area contributed by atoms with E-state index in [0.29, 0.717) is 54.8 Å². The van der Waals surface area contributed by atoms with E-state index in [2.05, 4.69) is 14.9 Å². The zero-order chi connectivity index (χ0) is 23.6. The van der Waals surface area contributed by atoms with Gasteiger partial charge in [0.25, 0.3) is 5.91 Å². The summed E-state index contributed by atoms with van der Waals surface area (Å²) in [6.45, 7) is 2.91. The molecule has 0 saturated carbocycles. The Morgan fingerprint density at radius 2 is 1.91 bits per heavy atom. The molecule has 9 nitrogen and oxygen atoms in total. The van der Waals surface area contributed by atoms with Gasteiger partial charge in [0.1, 0.15) is 12.3 Å². The number of hydrogen-bond acceptors (Lipinski definition) is 7. The maximum absolute atomic E-state index is 14.8. The molecule has 0 radical (unpaired) electrons. The number of amides is 1. The number of pyridine rings is 2. The van der Waals surface area contributed by atoms with E-state index in [9.17, 15) is 17.6 Å². The van der Waals surface area contributed by atoms with Gasteiger partial charge in [0, 0.05) is 56.1 Å². The van der Waals surface area contributed by atoms with Crippen molar-refractivity contribution in [2.45, 2.75) is 0 Å². The number of halogens is 1. The number of piperazine rings is 1. The molecule has 0 atom stereocenters. The molecule has 1 saturated heterocycles. The number of primary amides is 1. The number of nitrogens with zero attached hydrogens (tertiary/aromatic N) is 4. The van der Waals surface area contributed by atoms with Crippen LogP contribution in [-0.2, 0) is 10.0 Å². The van der Waals surface area contributed by atoms with E-state index in [-0.39, 0.29) is 18.1 Å². The van der Waals surface area contributed by atoms with Crippen molar-refractivity contribution in [3.63, 3.8) is 0 Å². The largest absolute Gasteiger partial charge is 0.489 e. The minimum Gasteiger partial charge on any atom is -0.489 e. The van der Waals surface area contributed by atoms with Crippen LogP contribution in [0.15, 0.2) is 42.7 Å². The summed E-state index contributed by atoms with van der Waals surface area (Å²) in [7, 11) is -3.17. The number of fused-ring (bicyclic) bond motifs is 1. The van der Waals surface area contributed by atoms with Gasteiger partial charge >= 0.3 is 0 Å². The number of nitrogens with two attached hydrogens (primary N) is 1. The quantitative estimate of drug-likeness (QED) is 0.552. The van der Waals surface area contributed by atoms with Crippen LogP contribution in [0.25, 0.3) is 22.0 Å². The number of aromatic nitrogens is 2. The van der Waals surface area contributed by atoms with E-state index in [1.165, 1.54) is 22.7 Å². The number of sulfonamides is 1. The monoisotopic (exact) mass is 473 g/mol. The van der Waals surface area contributed by atoms with Crippen LogP contribution in [0.5, 0.6) is 5.75 Å². The van der Waals surface area contributed by atoms with Gasteiger partial charge in [0.15, 0.2) is 11.6 Å². The number of hydrogen-bond donors (Lipinski definition) is 1. The Balaban J connectivity index is 1.43. The highest BCUT2D eigenvalue weighted by Gasteiger charge is 2.23. The third kappa shape index (κ3) is 5.27. The van der Waals surface area contributed by atoms with Crippen molar-refractivity contribution < 1.29 is 22.3 Å². The van der Waals surface area contributed by atoms with Gasteiger partial charge in [-0.05, 0) is 29.8 Å². The Kier molecular flexibility index (Phi) is 6.54. The molecule has 33 heavy (non-hydrogen) atoms. The molecule has 11 heteroatoms. The molecule has 3 heterocycles. The maximum atomic E-state index is 14.8. The first-order valence-corrected chi connectivity index (χ1v) is 12.2. The van der Waals surface area contributed by atoms with Gasteiger partial charge in [-0.15, -0.1) is 0 Å². The molecular formula is C22H24FN5O4S. The first-order valence-electron chi connectivity index (χ1n) is 10.4. The van der Waals surface area contributed by atoms with Crippen LogP contribution >= 0.6 is 0 Å². The van der Waals surface area contributed by atoms with Crippen molar-refractivity contribution >= 4 is 26.8 Å². The van der Waals surface area contributed by atoms with Gasteiger partial charge in [-0.3, -0.25) is 14.7 Å². The highest BCUT2D eigenvalue weighted by Crippen LogP contribution is 2.30. The molecule has 0 spiro atoms. The van der Waals surface area contributed by atoms with Gasteiger partial charge < -0.3 is 10.5 Å². The number of carbonyl (C=O) groups excluding carboxylic acids is 1. The van der Waals surface area contributed by atoms with Gasteiger partial charge in [-0.2, -0.15) is 4.31 Å². The average Bonchev–Trinajstić information content (AvgIpc) is 2.79. The molecule has 2 aromatic heterocycles. The number of ether oxygens (including phenoxy) is 1. The van der Waals surface area contributed by atoms with Gasteiger partial charge in [-0.25, -0.2) is 17.8 Å². The third-order valence-electron chi connectivity index (χ3n) is 5.56. The molecule has 0 aliphatic carbocycles. The second kappa shape index (κ2) is 9.38. The van der Waals surface area contributed by atoms with E-state index in [1.807, 2.05) is 0 Å². The molecule has 0 bridgehead atoms. The van der Waals surface area contributed by atoms with Crippen LogP contribution < -0.4 is 10.5 Å². The van der Waals surface area contributed by atoms with E-state index < -0.39 is 21.7 Å². The summed E-state index contributed by atoms with van der Waals surface area (Å²) in [4.78, 5) is 22.1. The van der Waals surface area contributed by atoms with Crippen molar-refractivity contribution in [1.29, 1.82) is 0 Å². The summed E-state index contributed by atoms with van der Waals surface area (Å²) in [5.41, 5.74) is 7.08. The number of carbonyl (C=O) groups is 1. The molecule has 4 rings (SSSR count). The summed E-state index contributed by atoms with van der Waals surface area (Å²) < 4.78 is 45.0. The standard InChI is InChI=1S/C22H24FN5O4S/c1-33(30,31)28-8-6-27(7-9-28)10-11-32-20-5-3-15(12-18(20)23)17-14-25-13-16-2-4-19(22(24)29)26-21(16)17/h2-5,12-14H,6-11H2,1H3,(H2,24,29). The van der Waals surface area contributed by atoms with Crippen LogP contribution in [0.3, 0.4) is 0 Å². The topological polar surface area (TPSA) is 119 Å². The normalized spacial score (nSPS) is 15.6. The minimum atomic E-state index is -3.17. The molecule has 3 aromatic rings. The highest BCUT2D eigenvalue weighted by atomic mass is 32.2. The zero-order valence-electron chi connectivity index (χ0n) is 18.1. The predicted molar refractivity (Wildman–Crippen MR) is 122 cm³/mol. The summed E-state index contributed by atoms with van der Waals surface area (Å²) in [5.74, 6) is -1.06. The number of rotatable bonds is 7. The van der Waals surface area contributed by atoms with E-state index >= 15 is 0 Å². The second-order valence-electron chi connectivity index (χ2n) is 7.82.